The largest absolute Gasteiger partial charge is 0.396 e. The van der Waals surface area contributed by atoms with Crippen LogP contribution in [0.5, 0.6) is 0 Å². The molecule has 0 aliphatic heterocycles. The zero-order chi connectivity index (χ0) is 16.2. The third-order valence-corrected chi connectivity index (χ3v) is 5.34. The van der Waals surface area contributed by atoms with E-state index < -0.39 is 0 Å². The smallest absolute Gasteiger partial charge is 0.263 e. The molecule has 23 heavy (non-hydrogen) atoms. The van der Waals surface area contributed by atoms with Gasteiger partial charge in [-0.25, -0.2) is 4.98 Å². The third-order valence-electron chi connectivity index (χ3n) is 3.31. The molecule has 0 bridgehead atoms. The lowest BCUT2D eigenvalue weighted by molar-refractivity contribution is 0.322. The first-order chi connectivity index (χ1) is 11.2. The molecule has 1 N–H and O–H groups in total. The van der Waals surface area contributed by atoms with Crippen molar-refractivity contribution < 1.29 is 5.11 Å². The number of benzene rings is 1. The van der Waals surface area contributed by atoms with Gasteiger partial charge in [-0.3, -0.25) is 9.36 Å². The van der Waals surface area contributed by atoms with Crippen molar-refractivity contribution in [2.45, 2.75) is 11.7 Å². The van der Waals surface area contributed by atoms with Gasteiger partial charge in [0.25, 0.3) is 5.56 Å². The molecule has 2 aromatic heterocycles. The Labute approximate surface area is 142 Å². The van der Waals surface area contributed by atoms with Crippen molar-refractivity contribution in [1.82, 2.24) is 9.55 Å². The van der Waals surface area contributed by atoms with Gasteiger partial charge < -0.3 is 5.11 Å². The zero-order valence-electron chi connectivity index (χ0n) is 12.4. The van der Waals surface area contributed by atoms with Crippen LogP contribution in [0.15, 0.2) is 59.0 Å². The molecule has 118 valence electrons. The van der Waals surface area contributed by atoms with Crippen molar-refractivity contribution in [1.29, 1.82) is 0 Å². The van der Waals surface area contributed by atoms with Crippen molar-refractivity contribution in [2.24, 2.45) is 0 Å². The molecule has 4 nitrogen and oxygen atoms in total. The lowest BCUT2D eigenvalue weighted by Gasteiger charge is -2.08. The molecule has 1 aromatic carbocycles. The molecule has 3 aromatic rings. The summed E-state index contributed by atoms with van der Waals surface area (Å²) in [6, 6.07) is 11.9. The predicted molar refractivity (Wildman–Crippen MR) is 97.3 cm³/mol. The second-order valence-electron chi connectivity index (χ2n) is 4.87. The first-order valence-corrected chi connectivity index (χ1v) is 8.99. The minimum atomic E-state index is -0.0613. The van der Waals surface area contributed by atoms with Crippen LogP contribution >= 0.6 is 23.1 Å². The number of thioether (sulfide) groups is 1. The summed E-state index contributed by atoms with van der Waals surface area (Å²) in [4.78, 5) is 19.1. The molecule has 0 saturated heterocycles. The van der Waals surface area contributed by atoms with Gasteiger partial charge in [0.05, 0.1) is 12.0 Å². The highest BCUT2D eigenvalue weighted by Gasteiger charge is 2.14. The van der Waals surface area contributed by atoms with E-state index in [1.165, 1.54) is 23.1 Å². The summed E-state index contributed by atoms with van der Waals surface area (Å²) in [6.45, 7) is 4.16. The highest BCUT2D eigenvalue weighted by molar-refractivity contribution is 7.99. The number of nitrogens with zero attached hydrogens (tertiary/aromatic N) is 2. The average molecular weight is 344 g/mol. The van der Waals surface area contributed by atoms with Crippen LogP contribution in [0.4, 0.5) is 0 Å². The monoisotopic (exact) mass is 344 g/mol. The molecule has 0 amide bonds. The molecule has 0 saturated carbocycles. The molecule has 6 heteroatoms. The molecule has 0 spiro atoms. The van der Waals surface area contributed by atoms with Gasteiger partial charge in [-0.2, -0.15) is 0 Å². The molecule has 0 radical (unpaired) electrons. The predicted octanol–water partition coefficient (Wildman–Crippen LogP) is 3.40. The summed E-state index contributed by atoms with van der Waals surface area (Å²) in [6.07, 6.45) is 1.68. The van der Waals surface area contributed by atoms with Crippen molar-refractivity contribution in [2.75, 3.05) is 12.4 Å². The SMILES string of the molecule is C=CCn1c(SCCO)nc2sc(-c3ccccc3)cc2c1=O. The second kappa shape index (κ2) is 7.12. The van der Waals surface area contributed by atoms with E-state index in [9.17, 15) is 4.79 Å². The summed E-state index contributed by atoms with van der Waals surface area (Å²) in [5.74, 6) is 0.506. The number of rotatable bonds is 6. The van der Waals surface area contributed by atoms with Gasteiger partial charge in [-0.05, 0) is 11.6 Å². The second-order valence-corrected chi connectivity index (χ2v) is 6.96. The lowest BCUT2D eigenvalue weighted by Crippen LogP contribution is -2.22. The summed E-state index contributed by atoms with van der Waals surface area (Å²) >= 11 is 2.89. The maximum atomic E-state index is 12.8. The Hall–Kier alpha value is -1.89. The number of aromatic nitrogens is 2. The summed E-state index contributed by atoms with van der Waals surface area (Å²) < 4.78 is 1.61. The highest BCUT2D eigenvalue weighted by atomic mass is 32.2. The standard InChI is InChI=1S/C17H16N2O2S2/c1-2-8-19-16(21)13-11-14(12-6-4-3-5-7-12)23-15(13)18-17(19)22-10-9-20/h2-7,11,20H,1,8-10H2. The molecule has 0 fully saturated rings. The molecule has 0 unspecified atom stereocenters. The Kier molecular flexibility index (Phi) is 4.95. The van der Waals surface area contributed by atoms with Crippen LogP contribution < -0.4 is 5.56 Å². The van der Waals surface area contributed by atoms with Gasteiger partial charge in [0.1, 0.15) is 4.83 Å². The summed E-state index contributed by atoms with van der Waals surface area (Å²) in [5, 5.41) is 10.3. The van der Waals surface area contributed by atoms with Crippen LogP contribution in [0.3, 0.4) is 0 Å². The van der Waals surface area contributed by atoms with E-state index in [1.54, 1.807) is 10.6 Å². The Balaban J connectivity index is 2.16. The molecule has 0 atom stereocenters. The number of hydrogen-bond acceptors (Lipinski definition) is 5. The molecule has 0 aliphatic carbocycles. The van der Waals surface area contributed by atoms with Gasteiger partial charge in [-0.1, -0.05) is 48.2 Å². The fraction of sp³-hybridized carbons (Fsp3) is 0.176. The van der Waals surface area contributed by atoms with Crippen molar-refractivity contribution in [3.8, 4) is 10.4 Å². The van der Waals surface area contributed by atoms with Gasteiger partial charge in [0.2, 0.25) is 0 Å². The minimum absolute atomic E-state index is 0.0480. The number of fused-ring (bicyclic) bond motifs is 1. The van der Waals surface area contributed by atoms with Crippen LogP contribution in [0.1, 0.15) is 0 Å². The van der Waals surface area contributed by atoms with Crippen LogP contribution in [-0.2, 0) is 6.54 Å². The summed E-state index contributed by atoms with van der Waals surface area (Å²) in [5.41, 5.74) is 1.02. The first-order valence-electron chi connectivity index (χ1n) is 7.19. The highest BCUT2D eigenvalue weighted by Crippen LogP contribution is 2.32. The van der Waals surface area contributed by atoms with E-state index in [4.69, 9.17) is 5.11 Å². The number of aliphatic hydroxyl groups excluding tert-OH is 1. The molecular weight excluding hydrogens is 328 g/mol. The van der Waals surface area contributed by atoms with Gasteiger partial charge in [0.15, 0.2) is 5.16 Å². The van der Waals surface area contributed by atoms with E-state index in [0.717, 1.165) is 15.3 Å². The fourth-order valence-corrected chi connectivity index (χ4v) is 4.11. The van der Waals surface area contributed by atoms with Crippen molar-refractivity contribution in [3.05, 3.63) is 59.4 Å². The first kappa shape index (κ1) is 16.0. The van der Waals surface area contributed by atoms with Crippen LogP contribution in [0.25, 0.3) is 20.7 Å². The Morgan fingerprint density at radius 1 is 1.35 bits per heavy atom. The van der Waals surface area contributed by atoms with E-state index in [-0.39, 0.29) is 12.2 Å². The summed E-state index contributed by atoms with van der Waals surface area (Å²) in [7, 11) is 0. The van der Waals surface area contributed by atoms with Crippen molar-refractivity contribution in [3.63, 3.8) is 0 Å². The molecule has 0 aliphatic rings. The topological polar surface area (TPSA) is 55.1 Å². The maximum Gasteiger partial charge on any atom is 0.263 e. The normalized spacial score (nSPS) is 11.0. The zero-order valence-corrected chi connectivity index (χ0v) is 14.1. The molecule has 2 heterocycles. The van der Waals surface area contributed by atoms with E-state index >= 15 is 0 Å². The van der Waals surface area contributed by atoms with Crippen LogP contribution in [0, 0.1) is 0 Å². The third kappa shape index (κ3) is 3.24. The van der Waals surface area contributed by atoms with E-state index in [2.05, 4.69) is 11.6 Å². The number of hydrogen-bond donors (Lipinski definition) is 1. The Morgan fingerprint density at radius 2 is 2.13 bits per heavy atom. The number of aliphatic hydroxyl groups is 1. The number of thiophene rings is 1. The molecular formula is C17H16N2O2S2. The fourth-order valence-electron chi connectivity index (χ4n) is 2.28. The molecule has 3 rings (SSSR count). The van der Waals surface area contributed by atoms with Gasteiger partial charge >= 0.3 is 0 Å². The van der Waals surface area contributed by atoms with E-state index in [1.807, 2.05) is 36.4 Å². The Bertz CT molecular complexity index is 885. The average Bonchev–Trinajstić information content (AvgIpc) is 3.01. The quantitative estimate of drug-likeness (QED) is 0.423. The van der Waals surface area contributed by atoms with Gasteiger partial charge in [-0.15, -0.1) is 17.9 Å². The van der Waals surface area contributed by atoms with E-state index in [0.29, 0.717) is 22.8 Å². The minimum Gasteiger partial charge on any atom is -0.396 e. The number of allylic oxidation sites excluding steroid dienone is 1. The maximum absolute atomic E-state index is 12.8. The van der Waals surface area contributed by atoms with Gasteiger partial charge in [0, 0.05) is 17.2 Å². The van der Waals surface area contributed by atoms with Crippen molar-refractivity contribution >= 4 is 33.3 Å². The Morgan fingerprint density at radius 3 is 2.83 bits per heavy atom. The van der Waals surface area contributed by atoms with Crippen LogP contribution in [0.2, 0.25) is 0 Å². The van der Waals surface area contributed by atoms with Crippen LogP contribution in [-0.4, -0.2) is 27.0 Å². The lowest BCUT2D eigenvalue weighted by atomic mass is 10.2.